The van der Waals surface area contributed by atoms with Crippen LogP contribution in [0, 0.1) is 18.7 Å². The van der Waals surface area contributed by atoms with Crippen molar-refractivity contribution >= 4 is 17.5 Å². The fourth-order valence-electron chi connectivity index (χ4n) is 2.36. The molecule has 132 valence electrons. The highest BCUT2D eigenvalue weighted by Gasteiger charge is 2.16. The zero-order valence-corrected chi connectivity index (χ0v) is 14.2. The van der Waals surface area contributed by atoms with Crippen LogP contribution in [0.25, 0.3) is 0 Å². The van der Waals surface area contributed by atoms with Gasteiger partial charge in [-0.25, -0.2) is 4.39 Å². The van der Waals surface area contributed by atoms with Gasteiger partial charge in [0.1, 0.15) is 11.6 Å². The van der Waals surface area contributed by atoms with Gasteiger partial charge in [0.15, 0.2) is 6.61 Å². The van der Waals surface area contributed by atoms with E-state index >= 15 is 0 Å². The minimum absolute atomic E-state index is 0.197. The first-order chi connectivity index (χ1) is 11.9. The van der Waals surface area contributed by atoms with Crippen molar-refractivity contribution < 1.29 is 18.7 Å². The maximum absolute atomic E-state index is 13.7. The maximum atomic E-state index is 13.7. The maximum Gasteiger partial charge on any atom is 0.255 e. The Bertz CT molecular complexity index is 777. The lowest BCUT2D eigenvalue weighted by atomic mass is 9.99. The van der Waals surface area contributed by atoms with E-state index in [1.807, 2.05) is 6.92 Å². The van der Waals surface area contributed by atoms with Gasteiger partial charge in [0.25, 0.3) is 5.91 Å². The number of hydrogen-bond donors (Lipinski definition) is 2. The zero-order valence-electron chi connectivity index (χ0n) is 14.2. The smallest absolute Gasteiger partial charge is 0.255 e. The highest BCUT2D eigenvalue weighted by atomic mass is 19.1. The summed E-state index contributed by atoms with van der Waals surface area (Å²) in [6.07, 6.45) is 0.317. The number of carbonyl (C=O) groups excluding carboxylic acids is 2. The van der Waals surface area contributed by atoms with E-state index in [2.05, 4.69) is 5.32 Å². The Morgan fingerprint density at radius 3 is 2.60 bits per heavy atom. The number of nitrogens with two attached hydrogens (primary N) is 1. The van der Waals surface area contributed by atoms with Crippen molar-refractivity contribution in [3.8, 4) is 5.75 Å². The quantitative estimate of drug-likeness (QED) is 0.810. The van der Waals surface area contributed by atoms with Crippen LogP contribution in [-0.2, 0) is 16.0 Å². The van der Waals surface area contributed by atoms with Gasteiger partial charge in [-0.2, -0.15) is 0 Å². The van der Waals surface area contributed by atoms with Gasteiger partial charge in [0.05, 0.1) is 0 Å². The molecule has 25 heavy (non-hydrogen) atoms. The van der Waals surface area contributed by atoms with Crippen molar-refractivity contribution in [1.82, 2.24) is 0 Å². The minimum Gasteiger partial charge on any atom is -0.484 e. The number of benzene rings is 2. The van der Waals surface area contributed by atoms with Crippen molar-refractivity contribution in [3.63, 3.8) is 0 Å². The standard InChI is InChI=1S/C19H21FN2O3/c1-12-10-15(25-11-18(21)23)7-8-17(12)22-19(24)13(2)9-14-5-3-4-6-16(14)20/h3-8,10,13H,9,11H2,1-2H3,(H2,21,23)(H,22,24)/t13-/m1/s1. The summed E-state index contributed by atoms with van der Waals surface area (Å²) in [5.41, 5.74) is 6.97. The Hall–Kier alpha value is -2.89. The van der Waals surface area contributed by atoms with Crippen LogP contribution in [0.2, 0.25) is 0 Å². The SMILES string of the molecule is Cc1cc(OCC(N)=O)ccc1NC(=O)[C@H](C)Cc1ccccc1F. The van der Waals surface area contributed by atoms with E-state index in [0.29, 0.717) is 23.4 Å². The van der Waals surface area contributed by atoms with E-state index in [-0.39, 0.29) is 24.2 Å². The first-order valence-corrected chi connectivity index (χ1v) is 7.93. The predicted molar refractivity (Wildman–Crippen MR) is 93.8 cm³/mol. The number of ether oxygens (including phenoxy) is 1. The molecule has 0 radical (unpaired) electrons. The van der Waals surface area contributed by atoms with Crippen molar-refractivity contribution in [2.45, 2.75) is 20.3 Å². The van der Waals surface area contributed by atoms with E-state index in [1.165, 1.54) is 6.07 Å². The predicted octanol–water partition coefficient (Wildman–Crippen LogP) is 2.82. The summed E-state index contributed by atoms with van der Waals surface area (Å²) >= 11 is 0. The second-order valence-corrected chi connectivity index (χ2v) is 5.92. The van der Waals surface area contributed by atoms with Crippen LogP contribution >= 0.6 is 0 Å². The second-order valence-electron chi connectivity index (χ2n) is 5.92. The molecule has 6 heteroatoms. The summed E-state index contributed by atoms with van der Waals surface area (Å²) in [4.78, 5) is 23.1. The number of rotatable bonds is 7. The molecule has 0 fully saturated rings. The van der Waals surface area contributed by atoms with Crippen LogP contribution in [-0.4, -0.2) is 18.4 Å². The van der Waals surface area contributed by atoms with Gasteiger partial charge in [0, 0.05) is 11.6 Å². The summed E-state index contributed by atoms with van der Waals surface area (Å²) in [7, 11) is 0. The third-order valence-corrected chi connectivity index (χ3v) is 3.77. The first kappa shape index (κ1) is 18.4. The van der Waals surface area contributed by atoms with Crippen LogP contribution in [0.4, 0.5) is 10.1 Å². The summed E-state index contributed by atoms with van der Waals surface area (Å²) in [5, 5.41) is 2.83. The van der Waals surface area contributed by atoms with Gasteiger partial charge >= 0.3 is 0 Å². The van der Waals surface area contributed by atoms with Crippen molar-refractivity contribution in [2.75, 3.05) is 11.9 Å². The van der Waals surface area contributed by atoms with E-state index in [0.717, 1.165) is 5.56 Å². The normalized spacial score (nSPS) is 11.6. The molecule has 0 saturated carbocycles. The lowest BCUT2D eigenvalue weighted by Crippen LogP contribution is -2.23. The summed E-state index contributed by atoms with van der Waals surface area (Å²) in [5.74, 6) is -0.959. The molecule has 3 N–H and O–H groups in total. The average Bonchev–Trinajstić information content (AvgIpc) is 2.57. The van der Waals surface area contributed by atoms with Crippen molar-refractivity contribution in [2.24, 2.45) is 11.7 Å². The number of primary amides is 1. The molecule has 2 aromatic carbocycles. The zero-order chi connectivity index (χ0) is 18.4. The number of halogens is 1. The Morgan fingerprint density at radius 2 is 1.96 bits per heavy atom. The van der Waals surface area contributed by atoms with Gasteiger partial charge in [-0.3, -0.25) is 9.59 Å². The van der Waals surface area contributed by atoms with Crippen LogP contribution in [0.5, 0.6) is 5.75 Å². The van der Waals surface area contributed by atoms with Crippen LogP contribution in [0.3, 0.4) is 0 Å². The second kappa shape index (κ2) is 8.28. The molecular weight excluding hydrogens is 323 g/mol. The molecule has 0 saturated heterocycles. The molecule has 0 heterocycles. The fraction of sp³-hybridized carbons (Fsp3) is 0.263. The molecular formula is C19H21FN2O3. The lowest BCUT2D eigenvalue weighted by molar-refractivity contribution is -0.120. The molecule has 0 aliphatic rings. The highest BCUT2D eigenvalue weighted by molar-refractivity contribution is 5.93. The first-order valence-electron chi connectivity index (χ1n) is 7.93. The number of amides is 2. The fourth-order valence-corrected chi connectivity index (χ4v) is 2.36. The largest absolute Gasteiger partial charge is 0.484 e. The van der Waals surface area contributed by atoms with Crippen LogP contribution in [0.15, 0.2) is 42.5 Å². The van der Waals surface area contributed by atoms with E-state index < -0.39 is 5.91 Å². The molecule has 0 aliphatic heterocycles. The van der Waals surface area contributed by atoms with E-state index in [1.54, 1.807) is 43.3 Å². The number of nitrogens with one attached hydrogen (secondary N) is 1. The Balaban J connectivity index is 1.99. The lowest BCUT2D eigenvalue weighted by Gasteiger charge is -2.15. The number of hydrogen-bond acceptors (Lipinski definition) is 3. The van der Waals surface area contributed by atoms with Crippen LogP contribution in [0.1, 0.15) is 18.1 Å². The third kappa shape index (κ3) is 5.31. The van der Waals surface area contributed by atoms with Gasteiger partial charge in [0.2, 0.25) is 5.91 Å². The number of aryl methyl sites for hydroxylation is 1. The molecule has 0 aromatic heterocycles. The van der Waals surface area contributed by atoms with Crippen molar-refractivity contribution in [3.05, 3.63) is 59.4 Å². The molecule has 1 atom stereocenters. The Morgan fingerprint density at radius 1 is 1.24 bits per heavy atom. The van der Waals surface area contributed by atoms with Gasteiger partial charge in [-0.15, -0.1) is 0 Å². The van der Waals surface area contributed by atoms with E-state index in [9.17, 15) is 14.0 Å². The van der Waals surface area contributed by atoms with Gasteiger partial charge < -0.3 is 15.8 Å². The third-order valence-electron chi connectivity index (χ3n) is 3.77. The molecule has 2 rings (SSSR count). The summed E-state index contributed by atoms with van der Waals surface area (Å²) in [6.45, 7) is 3.36. The molecule has 0 unspecified atom stereocenters. The molecule has 0 spiro atoms. The van der Waals surface area contributed by atoms with Gasteiger partial charge in [-0.05, 0) is 48.7 Å². The Kier molecular flexibility index (Phi) is 6.11. The van der Waals surface area contributed by atoms with E-state index in [4.69, 9.17) is 10.5 Å². The van der Waals surface area contributed by atoms with Gasteiger partial charge in [-0.1, -0.05) is 25.1 Å². The molecule has 0 bridgehead atoms. The molecule has 5 nitrogen and oxygen atoms in total. The molecule has 0 aliphatic carbocycles. The van der Waals surface area contributed by atoms with Crippen molar-refractivity contribution in [1.29, 1.82) is 0 Å². The minimum atomic E-state index is -0.558. The average molecular weight is 344 g/mol. The highest BCUT2D eigenvalue weighted by Crippen LogP contribution is 2.22. The molecule has 2 amide bonds. The monoisotopic (exact) mass is 344 g/mol. The number of anilines is 1. The molecule has 2 aromatic rings. The topological polar surface area (TPSA) is 81.4 Å². The summed E-state index contributed by atoms with van der Waals surface area (Å²) < 4.78 is 18.9. The number of carbonyl (C=O) groups is 2. The summed E-state index contributed by atoms with van der Waals surface area (Å²) in [6, 6.07) is 11.5. The Labute approximate surface area is 146 Å². The van der Waals surface area contributed by atoms with Crippen LogP contribution < -0.4 is 15.8 Å².